The third-order valence-electron chi connectivity index (χ3n) is 5.44. The third kappa shape index (κ3) is 4.34. The molecule has 0 spiro atoms. The molecule has 1 atom stereocenters. The molecule has 0 radical (unpaired) electrons. The van der Waals surface area contributed by atoms with E-state index >= 15 is 0 Å². The average molecular weight is 397 g/mol. The molecule has 0 amide bonds. The fraction of sp³-hybridized carbons (Fsp3) is 0.231. The predicted octanol–water partition coefficient (Wildman–Crippen LogP) is 5.82. The quantitative estimate of drug-likeness (QED) is 0.350. The summed E-state index contributed by atoms with van der Waals surface area (Å²) >= 11 is 0. The second-order valence-electron chi connectivity index (χ2n) is 7.56. The standard InChI is InChI=1S/C26H28N4/c1-3-5-6-8-21(27-13-4-2)16-20-12-15-28-25-11-10-19(17-23(20)25)24-18-30-26-22(24)9-7-14-29-26/h3,5-7,9-12,14-15,17-18,21,27H,1,4,8,13,16H2,2H3,(H,29,30)/b6-5-. The van der Waals surface area contributed by atoms with Crippen molar-refractivity contribution >= 4 is 21.9 Å². The van der Waals surface area contributed by atoms with Gasteiger partial charge in [-0.2, -0.15) is 0 Å². The van der Waals surface area contributed by atoms with Crippen molar-refractivity contribution in [1.29, 1.82) is 0 Å². The van der Waals surface area contributed by atoms with Crippen LogP contribution in [0.4, 0.5) is 0 Å². The molecule has 30 heavy (non-hydrogen) atoms. The van der Waals surface area contributed by atoms with Crippen molar-refractivity contribution < 1.29 is 0 Å². The Bertz CT molecular complexity index is 1170. The lowest BCUT2D eigenvalue weighted by Crippen LogP contribution is -2.31. The number of hydrogen-bond donors (Lipinski definition) is 2. The van der Waals surface area contributed by atoms with E-state index in [0.29, 0.717) is 6.04 Å². The summed E-state index contributed by atoms with van der Waals surface area (Å²) in [6.07, 6.45) is 14.9. The highest BCUT2D eigenvalue weighted by molar-refractivity contribution is 5.96. The first-order valence-corrected chi connectivity index (χ1v) is 10.6. The molecule has 3 aromatic heterocycles. The summed E-state index contributed by atoms with van der Waals surface area (Å²) in [7, 11) is 0. The molecule has 4 aromatic rings. The van der Waals surface area contributed by atoms with Gasteiger partial charge in [0.05, 0.1) is 5.52 Å². The molecule has 4 nitrogen and oxygen atoms in total. The first kappa shape index (κ1) is 20.0. The van der Waals surface area contributed by atoms with Gasteiger partial charge in [0.2, 0.25) is 0 Å². The van der Waals surface area contributed by atoms with Gasteiger partial charge in [-0.3, -0.25) is 4.98 Å². The van der Waals surface area contributed by atoms with Crippen LogP contribution in [0.2, 0.25) is 0 Å². The van der Waals surface area contributed by atoms with Crippen LogP contribution in [0.15, 0.2) is 79.8 Å². The van der Waals surface area contributed by atoms with Crippen molar-refractivity contribution in [2.45, 2.75) is 32.2 Å². The van der Waals surface area contributed by atoms with E-state index in [9.17, 15) is 0 Å². The Kier molecular flexibility index (Phi) is 6.35. The second-order valence-corrected chi connectivity index (χ2v) is 7.56. The minimum atomic E-state index is 0.382. The molecule has 1 aromatic carbocycles. The fourth-order valence-electron chi connectivity index (χ4n) is 3.94. The number of allylic oxidation sites excluding steroid dienone is 2. The minimum Gasteiger partial charge on any atom is -0.346 e. The third-order valence-corrected chi connectivity index (χ3v) is 5.44. The number of H-pyrrole nitrogens is 1. The van der Waals surface area contributed by atoms with Crippen molar-refractivity contribution in [3.05, 3.63) is 85.4 Å². The van der Waals surface area contributed by atoms with Crippen LogP contribution in [0.3, 0.4) is 0 Å². The van der Waals surface area contributed by atoms with Gasteiger partial charge in [0, 0.05) is 41.0 Å². The highest BCUT2D eigenvalue weighted by Crippen LogP contribution is 2.31. The highest BCUT2D eigenvalue weighted by Gasteiger charge is 2.12. The number of nitrogens with zero attached hydrogens (tertiary/aromatic N) is 2. The normalized spacial score (nSPS) is 12.7. The van der Waals surface area contributed by atoms with Crippen molar-refractivity contribution in [2.24, 2.45) is 0 Å². The summed E-state index contributed by atoms with van der Waals surface area (Å²) < 4.78 is 0. The van der Waals surface area contributed by atoms with E-state index in [0.717, 1.165) is 42.4 Å². The van der Waals surface area contributed by atoms with Crippen LogP contribution < -0.4 is 5.32 Å². The Morgan fingerprint density at radius 2 is 2.07 bits per heavy atom. The van der Waals surface area contributed by atoms with E-state index in [1.54, 1.807) is 0 Å². The maximum absolute atomic E-state index is 4.60. The number of rotatable bonds is 9. The number of fused-ring (bicyclic) bond motifs is 2. The first-order chi connectivity index (χ1) is 14.8. The van der Waals surface area contributed by atoms with Gasteiger partial charge in [-0.15, -0.1) is 0 Å². The Morgan fingerprint density at radius 1 is 1.13 bits per heavy atom. The summed E-state index contributed by atoms with van der Waals surface area (Å²) in [5.74, 6) is 0. The lowest BCUT2D eigenvalue weighted by Gasteiger charge is -2.18. The largest absolute Gasteiger partial charge is 0.346 e. The molecular formula is C26H28N4. The van der Waals surface area contributed by atoms with E-state index in [1.807, 2.05) is 36.8 Å². The highest BCUT2D eigenvalue weighted by atomic mass is 14.9. The van der Waals surface area contributed by atoms with E-state index in [4.69, 9.17) is 0 Å². The number of pyridine rings is 2. The van der Waals surface area contributed by atoms with E-state index in [2.05, 4.69) is 70.2 Å². The van der Waals surface area contributed by atoms with Gasteiger partial charge in [0.25, 0.3) is 0 Å². The van der Waals surface area contributed by atoms with Crippen LogP contribution in [-0.2, 0) is 6.42 Å². The predicted molar refractivity (Wildman–Crippen MR) is 127 cm³/mol. The summed E-state index contributed by atoms with van der Waals surface area (Å²) in [6.45, 7) is 7.00. The van der Waals surface area contributed by atoms with Crippen molar-refractivity contribution in [1.82, 2.24) is 20.3 Å². The van der Waals surface area contributed by atoms with Crippen LogP contribution in [-0.4, -0.2) is 27.5 Å². The molecule has 3 heterocycles. The van der Waals surface area contributed by atoms with Crippen LogP contribution >= 0.6 is 0 Å². The number of hydrogen-bond acceptors (Lipinski definition) is 3. The van der Waals surface area contributed by atoms with E-state index in [1.165, 1.54) is 22.1 Å². The van der Waals surface area contributed by atoms with E-state index < -0.39 is 0 Å². The molecule has 0 bridgehead atoms. The summed E-state index contributed by atoms with van der Waals surface area (Å²) in [5.41, 5.74) is 5.62. The maximum Gasteiger partial charge on any atom is 0.137 e. The fourth-order valence-corrected chi connectivity index (χ4v) is 3.94. The SMILES string of the molecule is C=C/C=C\CC(Cc1ccnc2ccc(-c3c[nH]c4ncccc34)cc12)NCCC. The topological polar surface area (TPSA) is 53.6 Å². The molecule has 0 saturated heterocycles. The first-order valence-electron chi connectivity index (χ1n) is 10.6. The van der Waals surface area contributed by atoms with Crippen LogP contribution in [0.1, 0.15) is 25.3 Å². The minimum absolute atomic E-state index is 0.382. The molecule has 152 valence electrons. The van der Waals surface area contributed by atoms with Gasteiger partial charge in [-0.25, -0.2) is 4.98 Å². The van der Waals surface area contributed by atoms with Gasteiger partial charge >= 0.3 is 0 Å². The van der Waals surface area contributed by atoms with Crippen LogP contribution in [0.25, 0.3) is 33.1 Å². The average Bonchev–Trinajstić information content (AvgIpc) is 3.21. The summed E-state index contributed by atoms with van der Waals surface area (Å²) in [4.78, 5) is 12.3. The van der Waals surface area contributed by atoms with Crippen molar-refractivity contribution in [3.8, 4) is 11.1 Å². The van der Waals surface area contributed by atoms with Gasteiger partial charge in [-0.05, 0) is 67.3 Å². The van der Waals surface area contributed by atoms with Crippen molar-refractivity contribution in [3.63, 3.8) is 0 Å². The van der Waals surface area contributed by atoms with Crippen molar-refractivity contribution in [2.75, 3.05) is 6.54 Å². The molecule has 4 rings (SSSR count). The Morgan fingerprint density at radius 3 is 2.93 bits per heavy atom. The zero-order valence-corrected chi connectivity index (χ0v) is 17.4. The molecule has 0 aliphatic heterocycles. The molecule has 0 saturated carbocycles. The molecular weight excluding hydrogens is 368 g/mol. The summed E-state index contributed by atoms with van der Waals surface area (Å²) in [6, 6.07) is 13.2. The monoisotopic (exact) mass is 396 g/mol. The molecule has 2 N–H and O–H groups in total. The zero-order chi connectivity index (χ0) is 20.8. The van der Waals surface area contributed by atoms with Gasteiger partial charge in [0.1, 0.15) is 5.65 Å². The van der Waals surface area contributed by atoms with Gasteiger partial charge in [0.15, 0.2) is 0 Å². The number of nitrogens with one attached hydrogen (secondary N) is 2. The molecule has 0 aliphatic carbocycles. The lowest BCUT2D eigenvalue weighted by atomic mass is 9.96. The second kappa shape index (κ2) is 9.51. The van der Waals surface area contributed by atoms with Gasteiger partial charge < -0.3 is 10.3 Å². The molecule has 0 fully saturated rings. The Hall–Kier alpha value is -3.24. The lowest BCUT2D eigenvalue weighted by molar-refractivity contribution is 0.513. The maximum atomic E-state index is 4.60. The Balaban J connectivity index is 1.70. The number of aromatic amines is 1. The molecule has 0 aliphatic rings. The van der Waals surface area contributed by atoms with Crippen LogP contribution in [0.5, 0.6) is 0 Å². The number of aromatic nitrogens is 3. The zero-order valence-electron chi connectivity index (χ0n) is 17.4. The van der Waals surface area contributed by atoms with Gasteiger partial charge in [-0.1, -0.05) is 37.8 Å². The smallest absolute Gasteiger partial charge is 0.137 e. The summed E-state index contributed by atoms with van der Waals surface area (Å²) in [5, 5.41) is 6.04. The molecule has 1 unspecified atom stereocenters. The van der Waals surface area contributed by atoms with E-state index in [-0.39, 0.29) is 0 Å². The number of benzene rings is 1. The Labute approximate surface area is 177 Å². The molecule has 4 heteroatoms. The van der Waals surface area contributed by atoms with Crippen LogP contribution in [0, 0.1) is 0 Å².